The van der Waals surface area contributed by atoms with Crippen molar-refractivity contribution in [3.05, 3.63) is 59.2 Å². The van der Waals surface area contributed by atoms with Gasteiger partial charge in [-0.1, -0.05) is 25.1 Å². The molecule has 2 aromatic carbocycles. The van der Waals surface area contributed by atoms with Gasteiger partial charge in [0.25, 0.3) is 0 Å². The molecule has 0 spiro atoms. The molecular formula is C22H27NO6S. The Labute approximate surface area is 177 Å². The first-order valence-electron chi connectivity index (χ1n) is 9.99. The third kappa shape index (κ3) is 5.38. The van der Waals surface area contributed by atoms with Gasteiger partial charge in [0.2, 0.25) is 10.0 Å². The lowest BCUT2D eigenvalue weighted by atomic mass is 10.1. The fourth-order valence-corrected chi connectivity index (χ4v) is 4.82. The summed E-state index contributed by atoms with van der Waals surface area (Å²) in [7, 11) is -3.70. The number of hydrogen-bond donors (Lipinski definition) is 0. The highest BCUT2D eigenvalue weighted by Gasteiger charge is 2.28. The molecule has 0 aromatic heterocycles. The Hall–Kier alpha value is -2.42. The number of sulfonamides is 1. The summed E-state index contributed by atoms with van der Waals surface area (Å²) in [4.78, 5) is 12.5. The molecule has 1 aliphatic heterocycles. The standard InChI is InChI=1S/C22H27NO6S/c1-3-18-5-4-6-20(15-18)28-13-14-29-22(24)19-8-7-17(2)21(16-19)30(25,26)23-9-11-27-12-10-23/h4-8,15-16H,3,9-14H2,1-2H3. The maximum atomic E-state index is 13.0. The smallest absolute Gasteiger partial charge is 0.338 e. The van der Waals surface area contributed by atoms with Crippen molar-refractivity contribution in [3.8, 4) is 5.75 Å². The number of hydrogen-bond acceptors (Lipinski definition) is 6. The van der Waals surface area contributed by atoms with E-state index in [0.717, 1.165) is 17.7 Å². The number of carbonyl (C=O) groups is 1. The van der Waals surface area contributed by atoms with Gasteiger partial charge in [0.1, 0.15) is 19.0 Å². The van der Waals surface area contributed by atoms with Crippen LogP contribution in [0.2, 0.25) is 0 Å². The molecule has 2 aromatic rings. The molecule has 3 rings (SSSR count). The fourth-order valence-electron chi connectivity index (χ4n) is 3.16. The summed E-state index contributed by atoms with van der Waals surface area (Å²) in [5, 5.41) is 0. The van der Waals surface area contributed by atoms with E-state index in [1.54, 1.807) is 19.1 Å². The van der Waals surface area contributed by atoms with Crippen LogP contribution < -0.4 is 4.74 Å². The number of nitrogens with zero attached hydrogens (tertiary/aromatic N) is 1. The molecule has 0 N–H and O–H groups in total. The van der Waals surface area contributed by atoms with Crippen LogP contribution in [-0.2, 0) is 25.9 Å². The highest BCUT2D eigenvalue weighted by molar-refractivity contribution is 7.89. The Morgan fingerprint density at radius 2 is 1.87 bits per heavy atom. The Morgan fingerprint density at radius 1 is 1.10 bits per heavy atom. The molecule has 0 saturated carbocycles. The lowest BCUT2D eigenvalue weighted by Crippen LogP contribution is -2.40. The molecule has 0 atom stereocenters. The van der Waals surface area contributed by atoms with Crippen LogP contribution in [0.3, 0.4) is 0 Å². The van der Waals surface area contributed by atoms with Gasteiger partial charge in [-0.25, -0.2) is 13.2 Å². The number of esters is 1. The van der Waals surface area contributed by atoms with Crippen LogP contribution in [0.5, 0.6) is 5.75 Å². The van der Waals surface area contributed by atoms with E-state index in [0.29, 0.717) is 31.9 Å². The third-order valence-electron chi connectivity index (χ3n) is 4.90. The number of rotatable bonds is 8. The predicted molar refractivity (Wildman–Crippen MR) is 112 cm³/mol. The fraction of sp³-hybridized carbons (Fsp3) is 0.409. The van der Waals surface area contributed by atoms with Crippen molar-refractivity contribution in [2.45, 2.75) is 25.2 Å². The average Bonchev–Trinajstić information content (AvgIpc) is 2.77. The van der Waals surface area contributed by atoms with E-state index in [9.17, 15) is 13.2 Å². The molecule has 8 heteroatoms. The first kappa shape index (κ1) is 22.3. The minimum absolute atomic E-state index is 0.0641. The SMILES string of the molecule is CCc1cccc(OCCOC(=O)c2ccc(C)c(S(=O)(=O)N3CCOCC3)c2)c1. The van der Waals surface area contributed by atoms with Crippen molar-refractivity contribution in [2.75, 3.05) is 39.5 Å². The highest BCUT2D eigenvalue weighted by Crippen LogP contribution is 2.23. The van der Waals surface area contributed by atoms with Crippen molar-refractivity contribution < 1.29 is 27.4 Å². The first-order chi connectivity index (χ1) is 14.4. The van der Waals surface area contributed by atoms with Crippen molar-refractivity contribution in [3.63, 3.8) is 0 Å². The zero-order valence-corrected chi connectivity index (χ0v) is 18.1. The largest absolute Gasteiger partial charge is 0.490 e. The maximum Gasteiger partial charge on any atom is 0.338 e. The molecule has 0 unspecified atom stereocenters. The van der Waals surface area contributed by atoms with Crippen LogP contribution in [0.4, 0.5) is 0 Å². The topological polar surface area (TPSA) is 82.1 Å². The van der Waals surface area contributed by atoms with Gasteiger partial charge in [-0.05, 0) is 48.7 Å². The summed E-state index contributed by atoms with van der Waals surface area (Å²) in [6.45, 7) is 5.37. The summed E-state index contributed by atoms with van der Waals surface area (Å²) in [6.07, 6.45) is 0.912. The molecule has 0 aliphatic carbocycles. The van der Waals surface area contributed by atoms with Crippen molar-refractivity contribution in [1.82, 2.24) is 4.31 Å². The van der Waals surface area contributed by atoms with Gasteiger partial charge in [0.15, 0.2) is 0 Å². The average molecular weight is 434 g/mol. The Kier molecular flexibility index (Phi) is 7.47. The monoisotopic (exact) mass is 433 g/mol. The number of aryl methyl sites for hydroxylation is 2. The van der Waals surface area contributed by atoms with Crippen LogP contribution in [0.25, 0.3) is 0 Å². The molecule has 1 saturated heterocycles. The molecule has 7 nitrogen and oxygen atoms in total. The second-order valence-electron chi connectivity index (χ2n) is 6.98. The normalized spacial score (nSPS) is 15.0. The van der Waals surface area contributed by atoms with E-state index in [1.807, 2.05) is 24.3 Å². The van der Waals surface area contributed by atoms with Gasteiger partial charge in [0, 0.05) is 13.1 Å². The van der Waals surface area contributed by atoms with Gasteiger partial charge in [-0.15, -0.1) is 0 Å². The zero-order valence-electron chi connectivity index (χ0n) is 17.3. The molecule has 0 bridgehead atoms. The van der Waals surface area contributed by atoms with Crippen molar-refractivity contribution >= 4 is 16.0 Å². The van der Waals surface area contributed by atoms with Gasteiger partial charge in [0.05, 0.1) is 23.7 Å². The molecular weight excluding hydrogens is 406 g/mol. The van der Waals surface area contributed by atoms with Gasteiger partial charge in [-0.3, -0.25) is 0 Å². The summed E-state index contributed by atoms with van der Waals surface area (Å²) < 4.78 is 43.4. The molecule has 1 fully saturated rings. The van der Waals surface area contributed by atoms with Gasteiger partial charge < -0.3 is 14.2 Å². The van der Waals surface area contributed by atoms with Crippen molar-refractivity contribution in [1.29, 1.82) is 0 Å². The summed E-state index contributed by atoms with van der Waals surface area (Å²) in [6, 6.07) is 12.3. The van der Waals surface area contributed by atoms with Crippen LogP contribution >= 0.6 is 0 Å². The van der Waals surface area contributed by atoms with Crippen LogP contribution in [0, 0.1) is 6.92 Å². The zero-order chi connectivity index (χ0) is 21.6. The van der Waals surface area contributed by atoms with E-state index < -0.39 is 16.0 Å². The second-order valence-corrected chi connectivity index (χ2v) is 8.89. The molecule has 30 heavy (non-hydrogen) atoms. The number of morpholine rings is 1. The van der Waals surface area contributed by atoms with Gasteiger partial charge in [-0.2, -0.15) is 4.31 Å². The molecule has 0 radical (unpaired) electrons. The Balaban J connectivity index is 1.61. The highest BCUT2D eigenvalue weighted by atomic mass is 32.2. The second kappa shape index (κ2) is 10.1. The third-order valence-corrected chi connectivity index (χ3v) is 6.94. The van der Waals surface area contributed by atoms with E-state index in [1.165, 1.54) is 10.4 Å². The van der Waals surface area contributed by atoms with Crippen LogP contribution in [0.1, 0.15) is 28.4 Å². The lowest BCUT2D eigenvalue weighted by Gasteiger charge is -2.26. The number of carbonyl (C=O) groups excluding carboxylic acids is 1. The number of benzene rings is 2. The van der Waals surface area contributed by atoms with E-state index in [2.05, 4.69) is 6.92 Å². The molecule has 0 amide bonds. The Morgan fingerprint density at radius 3 is 2.60 bits per heavy atom. The molecule has 1 heterocycles. The van der Waals surface area contributed by atoms with E-state index >= 15 is 0 Å². The van der Waals surface area contributed by atoms with Crippen LogP contribution in [-0.4, -0.2) is 58.2 Å². The predicted octanol–water partition coefficient (Wildman–Crippen LogP) is 2.81. The minimum atomic E-state index is -3.70. The first-order valence-corrected chi connectivity index (χ1v) is 11.4. The van der Waals surface area contributed by atoms with E-state index in [-0.39, 0.29) is 23.7 Å². The quantitative estimate of drug-likeness (QED) is 0.470. The molecule has 1 aliphatic rings. The van der Waals surface area contributed by atoms with Crippen molar-refractivity contribution in [2.24, 2.45) is 0 Å². The summed E-state index contributed by atoms with van der Waals surface area (Å²) in [5.74, 6) is 0.138. The lowest BCUT2D eigenvalue weighted by molar-refractivity contribution is 0.0450. The van der Waals surface area contributed by atoms with Crippen LogP contribution in [0.15, 0.2) is 47.4 Å². The van der Waals surface area contributed by atoms with E-state index in [4.69, 9.17) is 14.2 Å². The Bertz CT molecular complexity index is 983. The minimum Gasteiger partial charge on any atom is -0.490 e. The van der Waals surface area contributed by atoms with Gasteiger partial charge >= 0.3 is 5.97 Å². The molecule has 162 valence electrons. The maximum absolute atomic E-state index is 13.0. The summed E-state index contributed by atoms with van der Waals surface area (Å²) >= 11 is 0. The summed E-state index contributed by atoms with van der Waals surface area (Å²) in [5.41, 5.74) is 1.94. The number of ether oxygens (including phenoxy) is 3.